The van der Waals surface area contributed by atoms with Crippen LogP contribution in [0.2, 0.25) is 0 Å². The fourth-order valence-corrected chi connectivity index (χ4v) is 9.24. The molecule has 1 aliphatic heterocycles. The number of hydrogen-bond donors (Lipinski definition) is 2. The number of rotatable bonds is 1. The lowest BCUT2D eigenvalue weighted by Crippen LogP contribution is -2.62. The van der Waals surface area contributed by atoms with Gasteiger partial charge >= 0.3 is 0 Å². The van der Waals surface area contributed by atoms with Gasteiger partial charge in [-0.2, -0.15) is 0 Å². The summed E-state index contributed by atoms with van der Waals surface area (Å²) in [6, 6.07) is 0. The molecule has 0 aromatic rings. The highest BCUT2D eigenvalue weighted by Gasteiger charge is 2.73. The Bertz CT molecular complexity index is 1110. The zero-order valence-electron chi connectivity index (χ0n) is 23.0. The van der Waals surface area contributed by atoms with E-state index in [4.69, 9.17) is 4.74 Å². The van der Waals surface area contributed by atoms with Gasteiger partial charge in [0.2, 0.25) is 5.78 Å². The van der Waals surface area contributed by atoms with Crippen molar-refractivity contribution in [1.82, 2.24) is 0 Å². The first-order valence-electron chi connectivity index (χ1n) is 13.5. The normalized spacial score (nSPS) is 48.2. The van der Waals surface area contributed by atoms with Crippen LogP contribution in [0.1, 0.15) is 81.1 Å². The molecule has 0 aromatic heterocycles. The monoisotopic (exact) mass is 498 g/mol. The van der Waals surface area contributed by atoms with Crippen molar-refractivity contribution in [3.63, 3.8) is 0 Å². The van der Waals surface area contributed by atoms with E-state index in [2.05, 4.69) is 19.9 Å². The first kappa shape index (κ1) is 25.8. The van der Waals surface area contributed by atoms with Crippen LogP contribution < -0.4 is 0 Å². The van der Waals surface area contributed by atoms with E-state index in [1.54, 1.807) is 19.9 Å². The third-order valence-electron chi connectivity index (χ3n) is 11.6. The minimum atomic E-state index is -1.14. The Morgan fingerprint density at radius 1 is 1.06 bits per heavy atom. The van der Waals surface area contributed by atoms with Crippen LogP contribution in [0, 0.1) is 45.3 Å². The van der Waals surface area contributed by atoms with Crippen molar-refractivity contribution in [2.45, 2.75) is 98.9 Å². The molecule has 5 aliphatic rings. The molecule has 0 radical (unpaired) electrons. The summed E-state index contributed by atoms with van der Waals surface area (Å²) in [7, 11) is 0. The van der Waals surface area contributed by atoms with Crippen molar-refractivity contribution in [3.8, 4) is 0 Å². The maximum atomic E-state index is 14.3. The number of hydrogen-bond acceptors (Lipinski definition) is 6. The lowest BCUT2D eigenvalue weighted by Gasteiger charge is -2.63. The van der Waals surface area contributed by atoms with Crippen molar-refractivity contribution >= 4 is 17.3 Å². The number of aliphatic hydroxyl groups is 2. The second-order valence-corrected chi connectivity index (χ2v) is 14.2. The van der Waals surface area contributed by atoms with Gasteiger partial charge in [-0.15, -0.1) is 0 Å². The van der Waals surface area contributed by atoms with E-state index < -0.39 is 27.9 Å². The minimum absolute atomic E-state index is 0.0310. The van der Waals surface area contributed by atoms with Crippen molar-refractivity contribution in [2.24, 2.45) is 45.3 Å². The van der Waals surface area contributed by atoms with E-state index in [-0.39, 0.29) is 64.7 Å². The maximum absolute atomic E-state index is 14.3. The van der Waals surface area contributed by atoms with Crippen molar-refractivity contribution < 1.29 is 29.3 Å². The summed E-state index contributed by atoms with van der Waals surface area (Å²) in [6.07, 6.45) is 4.84. The number of ketones is 3. The summed E-state index contributed by atoms with van der Waals surface area (Å²) in [5.74, 6) is -1.07. The van der Waals surface area contributed by atoms with Gasteiger partial charge in [-0.05, 0) is 63.4 Å². The summed E-state index contributed by atoms with van der Waals surface area (Å²) in [5.41, 5.74) is -2.59. The van der Waals surface area contributed by atoms with E-state index in [1.807, 2.05) is 27.7 Å². The Kier molecular flexibility index (Phi) is 5.32. The third-order valence-corrected chi connectivity index (χ3v) is 11.6. The largest absolute Gasteiger partial charge is 0.505 e. The molecule has 198 valence electrons. The van der Waals surface area contributed by atoms with Gasteiger partial charge in [-0.1, -0.05) is 39.3 Å². The molecule has 5 rings (SSSR count). The van der Waals surface area contributed by atoms with Crippen LogP contribution in [0.5, 0.6) is 0 Å². The van der Waals surface area contributed by atoms with Crippen LogP contribution in [-0.4, -0.2) is 45.4 Å². The Hall–Kier alpha value is -1.79. The molecule has 0 amide bonds. The summed E-state index contributed by atoms with van der Waals surface area (Å²) in [4.78, 5) is 40.4. The van der Waals surface area contributed by atoms with Gasteiger partial charge in [0, 0.05) is 36.0 Å². The van der Waals surface area contributed by atoms with E-state index in [0.717, 1.165) is 5.57 Å². The molecular formula is C30H42O6. The highest BCUT2D eigenvalue weighted by molar-refractivity contribution is 6.02. The predicted octanol–water partition coefficient (Wildman–Crippen LogP) is 4.74. The number of aliphatic hydroxyl groups excluding tert-OH is 1. The summed E-state index contributed by atoms with van der Waals surface area (Å²) >= 11 is 0. The van der Waals surface area contributed by atoms with Crippen molar-refractivity contribution in [1.29, 1.82) is 0 Å². The standard InChI is InChI=1S/C30H42O6/c1-15-18(31)12-23(27(4,5)35)36-20-13-28(6)21-10-9-16-17(11-19(32)25(34)26(16,2)3)30(21,8)22(33)14-29(28,7)24(15)20/h9,11,15,17,20-21,23-24,32,35H,10,12-14H2,1-8H3/t15-,17+,20+,21-,23+,24?,28-,29+,30+/m1/s1. The topological polar surface area (TPSA) is 101 Å². The first-order valence-corrected chi connectivity index (χ1v) is 13.5. The second kappa shape index (κ2) is 7.41. The van der Waals surface area contributed by atoms with Crippen LogP contribution in [-0.2, 0) is 19.1 Å². The second-order valence-electron chi connectivity index (χ2n) is 14.2. The van der Waals surface area contributed by atoms with Crippen LogP contribution in [0.15, 0.2) is 23.5 Å². The number of Topliss-reactive ketones (excluding diaryl/α,β-unsaturated/α-hetero) is 3. The average Bonchev–Trinajstić information content (AvgIpc) is 2.88. The van der Waals surface area contributed by atoms with E-state index in [9.17, 15) is 24.6 Å². The molecule has 0 spiro atoms. The Morgan fingerprint density at radius 3 is 2.31 bits per heavy atom. The van der Waals surface area contributed by atoms with E-state index >= 15 is 0 Å². The zero-order valence-corrected chi connectivity index (χ0v) is 23.0. The molecule has 9 atom stereocenters. The minimum Gasteiger partial charge on any atom is -0.505 e. The number of ether oxygens (including phenoxy) is 1. The fourth-order valence-electron chi connectivity index (χ4n) is 9.24. The fraction of sp³-hybridized carbons (Fsp3) is 0.767. The maximum Gasteiger partial charge on any atom is 0.206 e. The molecule has 3 fully saturated rings. The molecule has 0 aromatic carbocycles. The molecular weight excluding hydrogens is 456 g/mol. The van der Waals surface area contributed by atoms with Crippen LogP contribution >= 0.6 is 0 Å². The predicted molar refractivity (Wildman–Crippen MR) is 135 cm³/mol. The van der Waals surface area contributed by atoms with Gasteiger partial charge in [-0.25, -0.2) is 0 Å². The van der Waals surface area contributed by atoms with Gasteiger partial charge in [-0.3, -0.25) is 14.4 Å². The lowest BCUT2D eigenvalue weighted by atomic mass is 9.39. The number of fused-ring (bicyclic) bond motifs is 7. The quantitative estimate of drug-likeness (QED) is 0.506. The van der Waals surface area contributed by atoms with Gasteiger partial charge < -0.3 is 14.9 Å². The average molecular weight is 499 g/mol. The molecule has 0 bridgehead atoms. The summed E-state index contributed by atoms with van der Waals surface area (Å²) in [5, 5.41) is 21.4. The van der Waals surface area contributed by atoms with Crippen molar-refractivity contribution in [3.05, 3.63) is 23.5 Å². The zero-order chi connectivity index (χ0) is 26.8. The third kappa shape index (κ3) is 3.00. The Labute approximate surface area is 214 Å². The van der Waals surface area contributed by atoms with Crippen LogP contribution in [0.3, 0.4) is 0 Å². The Balaban J connectivity index is 1.64. The van der Waals surface area contributed by atoms with Crippen LogP contribution in [0.4, 0.5) is 0 Å². The van der Waals surface area contributed by atoms with E-state index in [1.165, 1.54) is 0 Å². The highest BCUT2D eigenvalue weighted by atomic mass is 16.5. The summed E-state index contributed by atoms with van der Waals surface area (Å²) in [6.45, 7) is 15.5. The molecule has 1 heterocycles. The van der Waals surface area contributed by atoms with Gasteiger partial charge in [0.05, 0.1) is 23.2 Å². The number of allylic oxidation sites excluding steroid dienone is 4. The SMILES string of the molecule is C[C@@H]1C(=O)C[C@@H](C(C)(C)O)O[C@H]2C[C@]3(C)[C@H]4CC=C5[C@H](C=C(O)C(=O)C5(C)C)[C@]4(C)C(=O)C[C@@]3(C)C21. The molecule has 2 saturated carbocycles. The molecule has 2 N–H and O–H groups in total. The molecule has 1 saturated heterocycles. The van der Waals surface area contributed by atoms with Gasteiger partial charge in [0.25, 0.3) is 0 Å². The lowest BCUT2D eigenvalue weighted by molar-refractivity contribution is -0.167. The summed E-state index contributed by atoms with van der Waals surface area (Å²) < 4.78 is 6.59. The molecule has 36 heavy (non-hydrogen) atoms. The molecule has 6 nitrogen and oxygen atoms in total. The number of carbonyl (C=O) groups is 3. The van der Waals surface area contributed by atoms with Gasteiger partial charge in [0.1, 0.15) is 11.6 Å². The molecule has 1 unspecified atom stereocenters. The number of carbonyl (C=O) groups excluding carboxylic acids is 3. The molecule has 4 aliphatic carbocycles. The van der Waals surface area contributed by atoms with Crippen molar-refractivity contribution in [2.75, 3.05) is 0 Å². The highest BCUT2D eigenvalue weighted by Crippen LogP contribution is 2.74. The van der Waals surface area contributed by atoms with E-state index in [0.29, 0.717) is 19.3 Å². The smallest absolute Gasteiger partial charge is 0.206 e. The van der Waals surface area contributed by atoms with Gasteiger partial charge in [0.15, 0.2) is 5.76 Å². The Morgan fingerprint density at radius 2 is 1.69 bits per heavy atom. The molecule has 6 heteroatoms. The van der Waals surface area contributed by atoms with Crippen LogP contribution in [0.25, 0.3) is 0 Å². The first-order chi connectivity index (χ1) is 16.4.